The van der Waals surface area contributed by atoms with Gasteiger partial charge in [-0.25, -0.2) is 4.98 Å². The Morgan fingerprint density at radius 1 is 1.46 bits per heavy atom. The number of thiazole rings is 1. The van der Waals surface area contributed by atoms with E-state index in [-0.39, 0.29) is 10.7 Å². The molecule has 3 aliphatic heterocycles. The Labute approximate surface area is 151 Å². The highest BCUT2D eigenvalue weighted by molar-refractivity contribution is 8.01. The number of rotatable bonds is 4. The molecular weight excluding hydrogens is 344 g/mol. The first kappa shape index (κ1) is 16.8. The lowest BCUT2D eigenvalue weighted by molar-refractivity contribution is -0.0119. The Balaban J connectivity index is 1.23. The highest BCUT2D eigenvalue weighted by atomic mass is 32.2. The van der Waals surface area contributed by atoms with Crippen LogP contribution in [0.4, 0.5) is 0 Å². The first-order chi connectivity index (χ1) is 11.6. The van der Waals surface area contributed by atoms with Crippen LogP contribution in [0.25, 0.3) is 0 Å². The van der Waals surface area contributed by atoms with Gasteiger partial charge in [0.15, 0.2) is 0 Å². The summed E-state index contributed by atoms with van der Waals surface area (Å²) in [4.78, 5) is 18.7. The smallest absolute Gasteiger partial charge is 0.273 e. The van der Waals surface area contributed by atoms with Crippen molar-refractivity contribution in [3.8, 4) is 0 Å². The van der Waals surface area contributed by atoms with Crippen LogP contribution in [-0.4, -0.2) is 65.3 Å². The maximum Gasteiger partial charge on any atom is 0.273 e. The summed E-state index contributed by atoms with van der Waals surface area (Å²) in [5.41, 5.74) is 0.600. The number of hydrogen-bond acceptors (Lipinski definition) is 6. The van der Waals surface area contributed by atoms with E-state index < -0.39 is 0 Å². The standard InChI is InChI=1S/C17H24N2O3S2/c1-12-18-15(9-23-12)16(20)19-10-17(11-19)6-14(8-24-17)22-7-13-2-4-21-5-3-13/h9,13-14H,2-8,10-11H2,1H3/t14-/m1/s1. The molecule has 0 aliphatic carbocycles. The zero-order chi connectivity index (χ0) is 16.6. The van der Waals surface area contributed by atoms with Crippen LogP contribution in [0.15, 0.2) is 5.38 Å². The quantitative estimate of drug-likeness (QED) is 0.818. The van der Waals surface area contributed by atoms with Crippen molar-refractivity contribution in [2.75, 3.05) is 38.7 Å². The number of aromatic nitrogens is 1. The largest absolute Gasteiger partial charge is 0.381 e. The van der Waals surface area contributed by atoms with Crippen LogP contribution in [0.5, 0.6) is 0 Å². The molecule has 0 saturated carbocycles. The molecule has 3 fully saturated rings. The summed E-state index contributed by atoms with van der Waals surface area (Å²) < 4.78 is 11.8. The van der Waals surface area contributed by atoms with Crippen LogP contribution < -0.4 is 0 Å². The SMILES string of the molecule is Cc1nc(C(=O)N2CC3(C[C@@H](OCC4CCOCC4)CS3)C2)cs1. The minimum Gasteiger partial charge on any atom is -0.381 e. The van der Waals surface area contributed by atoms with Gasteiger partial charge in [0.1, 0.15) is 5.69 Å². The summed E-state index contributed by atoms with van der Waals surface area (Å²) in [6.07, 6.45) is 3.66. The topological polar surface area (TPSA) is 51.7 Å². The Morgan fingerprint density at radius 2 is 2.25 bits per heavy atom. The predicted molar refractivity (Wildman–Crippen MR) is 95.8 cm³/mol. The molecule has 1 amide bonds. The molecule has 3 aliphatic rings. The molecule has 0 N–H and O–H groups in total. The van der Waals surface area contributed by atoms with Crippen molar-refractivity contribution in [2.45, 2.75) is 37.0 Å². The van der Waals surface area contributed by atoms with Gasteiger partial charge in [-0.15, -0.1) is 23.1 Å². The molecule has 1 atom stereocenters. The van der Waals surface area contributed by atoms with Gasteiger partial charge in [0.05, 0.1) is 15.9 Å². The molecule has 3 saturated heterocycles. The Morgan fingerprint density at radius 3 is 2.96 bits per heavy atom. The number of carbonyl (C=O) groups is 1. The molecule has 24 heavy (non-hydrogen) atoms. The third-order valence-electron chi connectivity index (χ3n) is 5.17. The van der Waals surface area contributed by atoms with E-state index in [1.165, 1.54) is 11.3 Å². The number of likely N-dealkylation sites (tertiary alicyclic amines) is 1. The molecule has 132 valence electrons. The van der Waals surface area contributed by atoms with Gasteiger partial charge >= 0.3 is 0 Å². The fraction of sp³-hybridized carbons (Fsp3) is 0.765. The lowest BCUT2D eigenvalue weighted by Gasteiger charge is -2.47. The Kier molecular flexibility index (Phi) is 4.86. The van der Waals surface area contributed by atoms with Gasteiger partial charge < -0.3 is 14.4 Å². The summed E-state index contributed by atoms with van der Waals surface area (Å²) in [6.45, 7) is 6.24. The van der Waals surface area contributed by atoms with Crippen LogP contribution in [0, 0.1) is 12.8 Å². The molecule has 1 aromatic heterocycles. The van der Waals surface area contributed by atoms with E-state index in [0.29, 0.717) is 17.7 Å². The van der Waals surface area contributed by atoms with E-state index in [1.54, 1.807) is 0 Å². The number of carbonyl (C=O) groups excluding carboxylic acids is 1. The van der Waals surface area contributed by atoms with Crippen LogP contribution in [0.3, 0.4) is 0 Å². The maximum absolute atomic E-state index is 12.4. The Hall–Kier alpha value is -0.630. The monoisotopic (exact) mass is 368 g/mol. The number of aryl methyl sites for hydroxylation is 1. The van der Waals surface area contributed by atoms with E-state index in [9.17, 15) is 4.79 Å². The van der Waals surface area contributed by atoms with Crippen LogP contribution >= 0.6 is 23.1 Å². The van der Waals surface area contributed by atoms with E-state index >= 15 is 0 Å². The van der Waals surface area contributed by atoms with Gasteiger partial charge in [-0.3, -0.25) is 4.79 Å². The molecule has 0 bridgehead atoms. The number of nitrogens with zero attached hydrogens (tertiary/aromatic N) is 2. The molecule has 7 heteroatoms. The molecule has 0 unspecified atom stereocenters. The third-order valence-corrected chi connectivity index (χ3v) is 7.52. The molecule has 1 aromatic rings. The molecule has 4 heterocycles. The van der Waals surface area contributed by atoms with Crippen molar-refractivity contribution >= 4 is 29.0 Å². The highest BCUT2D eigenvalue weighted by Gasteiger charge is 2.51. The van der Waals surface area contributed by atoms with Crippen molar-refractivity contribution in [3.63, 3.8) is 0 Å². The summed E-state index contributed by atoms with van der Waals surface area (Å²) in [7, 11) is 0. The fourth-order valence-electron chi connectivity index (χ4n) is 3.73. The normalized spacial score (nSPS) is 26.7. The fourth-order valence-corrected chi connectivity index (χ4v) is 5.87. The first-order valence-corrected chi connectivity index (χ1v) is 10.5. The zero-order valence-corrected chi connectivity index (χ0v) is 15.7. The van der Waals surface area contributed by atoms with Crippen molar-refractivity contribution in [3.05, 3.63) is 16.1 Å². The zero-order valence-electron chi connectivity index (χ0n) is 14.0. The highest BCUT2D eigenvalue weighted by Crippen LogP contribution is 2.46. The molecule has 0 aromatic carbocycles. The van der Waals surface area contributed by atoms with Crippen molar-refractivity contribution in [2.24, 2.45) is 5.92 Å². The van der Waals surface area contributed by atoms with E-state index in [1.807, 2.05) is 29.0 Å². The van der Waals surface area contributed by atoms with Gasteiger partial charge in [0.25, 0.3) is 5.91 Å². The van der Waals surface area contributed by atoms with Crippen molar-refractivity contribution in [1.82, 2.24) is 9.88 Å². The maximum atomic E-state index is 12.4. The van der Waals surface area contributed by atoms with Crippen molar-refractivity contribution in [1.29, 1.82) is 0 Å². The third kappa shape index (κ3) is 3.49. The van der Waals surface area contributed by atoms with Gasteiger partial charge in [0.2, 0.25) is 0 Å². The summed E-state index contributed by atoms with van der Waals surface area (Å²) in [5, 5.41) is 2.81. The van der Waals surface area contributed by atoms with Gasteiger partial charge in [0, 0.05) is 44.0 Å². The van der Waals surface area contributed by atoms with Gasteiger partial charge in [-0.2, -0.15) is 0 Å². The first-order valence-electron chi connectivity index (χ1n) is 8.68. The van der Waals surface area contributed by atoms with E-state index in [2.05, 4.69) is 4.98 Å². The second kappa shape index (κ2) is 6.94. The average molecular weight is 369 g/mol. The van der Waals surface area contributed by atoms with Crippen LogP contribution in [0.1, 0.15) is 34.8 Å². The average Bonchev–Trinajstić information content (AvgIpc) is 3.18. The lowest BCUT2D eigenvalue weighted by Crippen LogP contribution is -2.60. The Bertz CT molecular complexity index is 594. The second-order valence-corrected chi connectivity index (χ2v) is 9.67. The van der Waals surface area contributed by atoms with E-state index in [0.717, 1.165) is 62.9 Å². The number of hydrogen-bond donors (Lipinski definition) is 0. The van der Waals surface area contributed by atoms with E-state index in [4.69, 9.17) is 9.47 Å². The number of ether oxygens (including phenoxy) is 2. The van der Waals surface area contributed by atoms with Crippen LogP contribution in [0.2, 0.25) is 0 Å². The minimum atomic E-state index is 0.0807. The molecular formula is C17H24N2O3S2. The summed E-state index contributed by atoms with van der Waals surface area (Å²) in [6, 6.07) is 0. The van der Waals surface area contributed by atoms with Gasteiger partial charge in [-0.05, 0) is 32.1 Å². The number of thioether (sulfide) groups is 1. The molecule has 5 nitrogen and oxygen atoms in total. The summed E-state index contributed by atoms with van der Waals surface area (Å²) in [5.74, 6) is 1.80. The number of amides is 1. The van der Waals surface area contributed by atoms with Crippen LogP contribution in [-0.2, 0) is 9.47 Å². The lowest BCUT2D eigenvalue weighted by atomic mass is 9.92. The molecule has 4 rings (SSSR count). The summed E-state index contributed by atoms with van der Waals surface area (Å²) >= 11 is 3.52. The molecule has 0 radical (unpaired) electrons. The predicted octanol–water partition coefficient (Wildman–Crippen LogP) is 2.59. The minimum absolute atomic E-state index is 0.0807. The second-order valence-electron chi connectivity index (χ2n) is 7.12. The molecule has 1 spiro atoms. The van der Waals surface area contributed by atoms with Crippen molar-refractivity contribution < 1.29 is 14.3 Å². The van der Waals surface area contributed by atoms with Gasteiger partial charge in [-0.1, -0.05) is 0 Å².